The van der Waals surface area contributed by atoms with Crippen LogP contribution in [0.25, 0.3) is 0 Å². The summed E-state index contributed by atoms with van der Waals surface area (Å²) >= 11 is 0. The molecule has 3 heteroatoms. The lowest BCUT2D eigenvalue weighted by atomic mass is 10.4. The number of nitrogens with zero attached hydrogens (tertiary/aromatic N) is 1. The maximum Gasteiger partial charge on any atom is 0.172 e. The molecule has 9 heavy (non-hydrogen) atoms. The van der Waals surface area contributed by atoms with Crippen molar-refractivity contribution in [2.24, 2.45) is 0 Å². The van der Waals surface area contributed by atoms with E-state index >= 15 is 0 Å². The molecule has 0 aromatic carbocycles. The monoisotopic (exact) mass is 131 g/mol. The summed E-state index contributed by atoms with van der Waals surface area (Å²) in [4.78, 5) is 12.5. The van der Waals surface area contributed by atoms with E-state index in [2.05, 4.69) is 4.74 Å². The van der Waals surface area contributed by atoms with E-state index in [4.69, 9.17) is 0 Å². The Morgan fingerprint density at radius 2 is 2.11 bits per heavy atom. The van der Waals surface area contributed by atoms with E-state index in [1.54, 1.807) is 0 Å². The van der Waals surface area contributed by atoms with Crippen LogP contribution < -0.4 is 0 Å². The van der Waals surface area contributed by atoms with E-state index in [1.807, 2.05) is 19.0 Å². The van der Waals surface area contributed by atoms with Crippen molar-refractivity contribution in [2.45, 2.75) is 0 Å². The highest BCUT2D eigenvalue weighted by atomic mass is 16.5. The Morgan fingerprint density at radius 1 is 1.56 bits per heavy atom. The Bertz CT molecular complexity index is 91.1. The molecule has 0 aliphatic heterocycles. The molecular weight excluding hydrogens is 118 g/mol. The van der Waals surface area contributed by atoms with Gasteiger partial charge in [0.15, 0.2) is 5.78 Å². The van der Waals surface area contributed by atoms with Crippen LogP contribution in [0.1, 0.15) is 0 Å². The number of ether oxygens (including phenoxy) is 1. The lowest BCUT2D eigenvalue weighted by Crippen LogP contribution is -2.24. The highest BCUT2D eigenvalue weighted by Gasteiger charge is 2.00. The SMILES string of the molecule is COCC(=O)CN(C)C. The average molecular weight is 131 g/mol. The van der Waals surface area contributed by atoms with E-state index in [9.17, 15) is 4.79 Å². The molecule has 0 saturated heterocycles. The predicted octanol–water partition coefficient (Wildman–Crippen LogP) is -0.236. The quantitative estimate of drug-likeness (QED) is 0.527. The van der Waals surface area contributed by atoms with Gasteiger partial charge in [-0.3, -0.25) is 4.79 Å². The first-order valence-corrected chi connectivity index (χ1v) is 2.82. The maximum atomic E-state index is 10.7. The van der Waals surface area contributed by atoms with Crippen LogP contribution in [0.15, 0.2) is 0 Å². The van der Waals surface area contributed by atoms with Crippen LogP contribution in [-0.2, 0) is 9.53 Å². The van der Waals surface area contributed by atoms with Gasteiger partial charge in [0, 0.05) is 7.11 Å². The molecule has 0 radical (unpaired) electrons. The fourth-order valence-corrected chi connectivity index (χ4v) is 0.559. The number of ketones is 1. The van der Waals surface area contributed by atoms with Crippen molar-refractivity contribution in [3.8, 4) is 0 Å². The lowest BCUT2D eigenvalue weighted by Gasteiger charge is -2.06. The van der Waals surface area contributed by atoms with Crippen molar-refractivity contribution in [3.63, 3.8) is 0 Å². The zero-order valence-corrected chi connectivity index (χ0v) is 6.18. The van der Waals surface area contributed by atoms with E-state index in [-0.39, 0.29) is 12.4 Å². The van der Waals surface area contributed by atoms with Crippen molar-refractivity contribution in [3.05, 3.63) is 0 Å². The van der Waals surface area contributed by atoms with Crippen LogP contribution in [0.5, 0.6) is 0 Å². The normalized spacial score (nSPS) is 10.2. The van der Waals surface area contributed by atoms with Crippen LogP contribution in [-0.4, -0.2) is 45.0 Å². The fourth-order valence-electron chi connectivity index (χ4n) is 0.559. The Kier molecular flexibility index (Phi) is 4.26. The number of likely N-dealkylation sites (N-methyl/N-ethyl adjacent to an activating group) is 1. The molecule has 0 saturated carbocycles. The summed E-state index contributed by atoms with van der Waals surface area (Å²) in [5, 5.41) is 0. The first-order chi connectivity index (χ1) is 4.16. The van der Waals surface area contributed by atoms with Crippen LogP contribution in [0, 0.1) is 0 Å². The van der Waals surface area contributed by atoms with E-state index in [1.165, 1.54) is 7.11 Å². The third kappa shape index (κ3) is 5.46. The van der Waals surface area contributed by atoms with E-state index < -0.39 is 0 Å². The van der Waals surface area contributed by atoms with Gasteiger partial charge >= 0.3 is 0 Å². The van der Waals surface area contributed by atoms with Gasteiger partial charge in [0.1, 0.15) is 6.61 Å². The molecule has 0 fully saturated rings. The van der Waals surface area contributed by atoms with Crippen LogP contribution in [0.3, 0.4) is 0 Å². The summed E-state index contributed by atoms with van der Waals surface area (Å²) in [6.07, 6.45) is 0. The molecule has 0 aliphatic rings. The number of carbonyl (C=O) groups excluding carboxylic acids is 1. The molecule has 3 nitrogen and oxygen atoms in total. The molecule has 0 aliphatic carbocycles. The zero-order valence-electron chi connectivity index (χ0n) is 6.18. The van der Waals surface area contributed by atoms with Gasteiger partial charge in [-0.2, -0.15) is 0 Å². The van der Waals surface area contributed by atoms with Gasteiger partial charge < -0.3 is 9.64 Å². The first-order valence-electron chi connectivity index (χ1n) is 2.82. The number of Topliss-reactive ketones (excluding diaryl/α,β-unsaturated/α-hetero) is 1. The molecule has 0 atom stereocenters. The van der Waals surface area contributed by atoms with Crippen molar-refractivity contribution in [1.29, 1.82) is 0 Å². The number of hydrogen-bond donors (Lipinski definition) is 0. The van der Waals surface area contributed by atoms with Gasteiger partial charge in [0.25, 0.3) is 0 Å². The molecule has 54 valence electrons. The number of carbonyl (C=O) groups is 1. The summed E-state index contributed by atoms with van der Waals surface area (Å²) in [6.45, 7) is 0.687. The molecular formula is C6H13NO2. The minimum absolute atomic E-state index is 0.113. The molecule has 0 bridgehead atoms. The largest absolute Gasteiger partial charge is 0.377 e. The Morgan fingerprint density at radius 3 is 2.44 bits per heavy atom. The molecule has 0 aromatic heterocycles. The topological polar surface area (TPSA) is 29.5 Å². The van der Waals surface area contributed by atoms with Crippen LogP contribution >= 0.6 is 0 Å². The minimum Gasteiger partial charge on any atom is -0.377 e. The molecule has 0 amide bonds. The highest BCUT2D eigenvalue weighted by molar-refractivity contribution is 5.81. The van der Waals surface area contributed by atoms with E-state index in [0.29, 0.717) is 6.54 Å². The van der Waals surface area contributed by atoms with Crippen molar-refractivity contribution in [2.75, 3.05) is 34.4 Å². The van der Waals surface area contributed by atoms with Crippen molar-refractivity contribution >= 4 is 5.78 Å². The van der Waals surface area contributed by atoms with Crippen molar-refractivity contribution < 1.29 is 9.53 Å². The molecule has 0 unspecified atom stereocenters. The third-order valence-electron chi connectivity index (χ3n) is 0.798. The molecule has 0 aromatic rings. The van der Waals surface area contributed by atoms with Gasteiger partial charge in [-0.1, -0.05) is 0 Å². The second-order valence-corrected chi connectivity index (χ2v) is 2.21. The summed E-state index contributed by atoms with van der Waals surface area (Å²) in [5.74, 6) is 0.113. The molecule has 0 rings (SSSR count). The molecule has 0 heterocycles. The van der Waals surface area contributed by atoms with E-state index in [0.717, 1.165) is 0 Å². The minimum atomic E-state index is 0.113. The summed E-state index contributed by atoms with van der Waals surface area (Å²) in [5.41, 5.74) is 0. The van der Waals surface area contributed by atoms with Gasteiger partial charge in [-0.15, -0.1) is 0 Å². The van der Waals surface area contributed by atoms with Crippen LogP contribution in [0.2, 0.25) is 0 Å². The summed E-state index contributed by atoms with van der Waals surface area (Å²) < 4.78 is 4.63. The smallest absolute Gasteiger partial charge is 0.172 e. The first kappa shape index (κ1) is 8.59. The predicted molar refractivity (Wildman–Crippen MR) is 35.4 cm³/mol. The molecule has 0 N–H and O–H groups in total. The standard InChI is InChI=1S/C6H13NO2/c1-7(2)4-6(8)5-9-3/h4-5H2,1-3H3. The number of rotatable bonds is 4. The number of methoxy groups -OCH3 is 1. The van der Waals surface area contributed by atoms with Gasteiger partial charge in [0.05, 0.1) is 6.54 Å². The number of hydrogen-bond acceptors (Lipinski definition) is 3. The molecule has 0 spiro atoms. The average Bonchev–Trinajstić information content (AvgIpc) is 1.63. The Hall–Kier alpha value is -0.410. The maximum absolute atomic E-state index is 10.7. The highest BCUT2D eigenvalue weighted by Crippen LogP contribution is 1.77. The van der Waals surface area contributed by atoms with Crippen LogP contribution in [0.4, 0.5) is 0 Å². The van der Waals surface area contributed by atoms with Gasteiger partial charge in [-0.25, -0.2) is 0 Å². The summed E-state index contributed by atoms with van der Waals surface area (Å²) in [7, 11) is 5.23. The van der Waals surface area contributed by atoms with Gasteiger partial charge in [-0.05, 0) is 14.1 Å². The summed E-state index contributed by atoms with van der Waals surface area (Å²) in [6, 6.07) is 0. The fraction of sp³-hybridized carbons (Fsp3) is 0.833. The van der Waals surface area contributed by atoms with Gasteiger partial charge in [0.2, 0.25) is 0 Å². The lowest BCUT2D eigenvalue weighted by molar-refractivity contribution is -0.123. The Labute approximate surface area is 55.6 Å². The Balaban J connectivity index is 3.27. The van der Waals surface area contributed by atoms with Crippen molar-refractivity contribution in [1.82, 2.24) is 4.90 Å². The second-order valence-electron chi connectivity index (χ2n) is 2.21. The second kappa shape index (κ2) is 4.47. The third-order valence-corrected chi connectivity index (χ3v) is 0.798. The zero-order chi connectivity index (χ0) is 7.28.